The van der Waals surface area contributed by atoms with Crippen molar-refractivity contribution in [2.24, 2.45) is 0 Å². The van der Waals surface area contributed by atoms with Gasteiger partial charge in [0.15, 0.2) is 0 Å². The summed E-state index contributed by atoms with van der Waals surface area (Å²) in [5.41, 5.74) is 3.43. The van der Waals surface area contributed by atoms with E-state index < -0.39 is 22.2 Å². The summed E-state index contributed by atoms with van der Waals surface area (Å²) in [7, 11) is -3.70. The molecule has 2 aliphatic rings. The van der Waals surface area contributed by atoms with Gasteiger partial charge in [-0.1, -0.05) is 30.3 Å². The summed E-state index contributed by atoms with van der Waals surface area (Å²) in [6, 6.07) is 12.9. The summed E-state index contributed by atoms with van der Waals surface area (Å²) in [4.78, 5) is 13.8. The highest BCUT2D eigenvalue weighted by atomic mass is 32.2. The van der Waals surface area contributed by atoms with Crippen LogP contribution in [0, 0.1) is 0 Å². The number of benzene rings is 2. The van der Waals surface area contributed by atoms with Gasteiger partial charge in [0.2, 0.25) is 0 Å². The largest absolute Gasteiger partial charge is 0.390 e. The van der Waals surface area contributed by atoms with Gasteiger partial charge in [0.05, 0.1) is 28.8 Å². The molecule has 2 aliphatic heterocycles. The highest BCUT2D eigenvalue weighted by Gasteiger charge is 2.29. The number of aliphatic hydroxyl groups is 1. The first-order chi connectivity index (χ1) is 19.3. The van der Waals surface area contributed by atoms with Gasteiger partial charge in [-0.25, -0.2) is 8.42 Å². The molecule has 40 heavy (non-hydrogen) atoms. The van der Waals surface area contributed by atoms with Crippen molar-refractivity contribution in [3.8, 4) is 0 Å². The van der Waals surface area contributed by atoms with E-state index in [1.54, 1.807) is 19.1 Å². The number of hydrogen-bond donors (Lipinski definition) is 3. The molecular weight excluding hydrogens is 528 g/mol. The van der Waals surface area contributed by atoms with Crippen molar-refractivity contribution in [1.82, 2.24) is 15.2 Å². The molecule has 0 aliphatic carbocycles. The molecule has 0 saturated carbocycles. The van der Waals surface area contributed by atoms with E-state index in [4.69, 9.17) is 4.74 Å². The van der Waals surface area contributed by atoms with Gasteiger partial charge in [-0.05, 0) is 56.9 Å². The van der Waals surface area contributed by atoms with Crippen LogP contribution in [-0.4, -0.2) is 68.5 Å². The number of sulfonamides is 1. The molecule has 3 heterocycles. The molecule has 0 spiro atoms. The van der Waals surface area contributed by atoms with Crippen LogP contribution < -0.4 is 14.9 Å². The highest BCUT2D eigenvalue weighted by molar-refractivity contribution is 7.95. The Bertz CT molecular complexity index is 1480. The molecule has 1 fully saturated rings. The fourth-order valence-electron chi connectivity index (χ4n) is 5.61. The molecule has 3 aromatic rings. The lowest BCUT2D eigenvalue weighted by atomic mass is 9.99. The number of anilines is 1. The highest BCUT2D eigenvalue weighted by Crippen LogP contribution is 2.37. The number of rotatable bonds is 10. The number of aromatic nitrogens is 1. The maximum absolute atomic E-state index is 13.8. The number of aliphatic hydroxyl groups excluding tert-OH is 1. The third-order valence-corrected chi connectivity index (χ3v) is 9.34. The fourth-order valence-corrected chi connectivity index (χ4v) is 6.85. The zero-order valence-electron chi connectivity index (χ0n) is 23.0. The first kappa shape index (κ1) is 28.4. The van der Waals surface area contributed by atoms with E-state index in [0.717, 1.165) is 34.9 Å². The van der Waals surface area contributed by atoms with Crippen LogP contribution in [0.25, 0.3) is 17.0 Å². The minimum atomic E-state index is -3.70. The first-order valence-electron chi connectivity index (χ1n) is 14.0. The van der Waals surface area contributed by atoms with Crippen LogP contribution in [0.1, 0.15) is 48.2 Å². The summed E-state index contributed by atoms with van der Waals surface area (Å²) in [5.74, 6) is -0.361. The number of carbonyl (C=O) groups excluding carboxylic acids is 1. The zero-order valence-corrected chi connectivity index (χ0v) is 23.9. The molecule has 5 rings (SSSR count). The molecule has 0 radical (unpaired) electrons. The van der Waals surface area contributed by atoms with Gasteiger partial charge in [0.1, 0.15) is 0 Å². The first-order valence-corrected chi connectivity index (χ1v) is 15.5. The lowest BCUT2D eigenvalue weighted by Gasteiger charge is -2.29. The minimum Gasteiger partial charge on any atom is -0.390 e. The monoisotopic (exact) mass is 566 g/mol. The molecule has 2 atom stereocenters. The summed E-state index contributed by atoms with van der Waals surface area (Å²) in [5, 5.41) is 19.8. The van der Waals surface area contributed by atoms with Crippen LogP contribution in [-0.2, 0) is 27.7 Å². The zero-order chi connectivity index (χ0) is 28.3. The second kappa shape index (κ2) is 12.1. The smallest absolute Gasteiger partial charge is 0.257 e. The number of hydrogen-bond acceptors (Lipinski definition) is 6. The summed E-state index contributed by atoms with van der Waals surface area (Å²) in [6.07, 6.45) is 4.94. The number of nitrogens with zero attached hydrogens (tertiary/aromatic N) is 2. The van der Waals surface area contributed by atoms with Crippen molar-refractivity contribution >= 4 is 38.6 Å². The summed E-state index contributed by atoms with van der Waals surface area (Å²) < 4.78 is 34.9. The maximum Gasteiger partial charge on any atom is 0.257 e. The quantitative estimate of drug-likeness (QED) is 0.347. The standard InChI is InChI=1S/C30H38N4O5S/c1-3-33-20-22-12-15-40(37,38)34(4-2)27-18-23(17-26(33)29(22)27)30(36)32-25(16-21-8-6-5-7-9-21)28(35)19-31-24-10-13-39-14-11-24/h5-9,12,15,17-18,20,24-25,28,31,35H,3-4,10-11,13-14,16,19H2,1-2H3,(H,32,36)/t25-,28+/m0/s1. The molecule has 1 amide bonds. The molecule has 1 saturated heterocycles. The van der Waals surface area contributed by atoms with Gasteiger partial charge in [-0.15, -0.1) is 0 Å². The Kier molecular flexibility index (Phi) is 8.60. The Morgan fingerprint density at radius 2 is 1.88 bits per heavy atom. The van der Waals surface area contributed by atoms with Crippen LogP contribution in [0.4, 0.5) is 5.69 Å². The Balaban J connectivity index is 1.46. The van der Waals surface area contributed by atoms with Gasteiger partial charge in [0.25, 0.3) is 15.9 Å². The summed E-state index contributed by atoms with van der Waals surface area (Å²) in [6.45, 7) is 6.43. The van der Waals surface area contributed by atoms with Crippen molar-refractivity contribution in [3.63, 3.8) is 0 Å². The van der Waals surface area contributed by atoms with Crippen molar-refractivity contribution < 1.29 is 23.1 Å². The summed E-state index contributed by atoms with van der Waals surface area (Å²) >= 11 is 0. The number of nitrogens with one attached hydrogen (secondary N) is 2. The topological polar surface area (TPSA) is 113 Å². The Morgan fingerprint density at radius 1 is 1.12 bits per heavy atom. The lowest BCUT2D eigenvalue weighted by Crippen LogP contribution is -2.50. The van der Waals surface area contributed by atoms with E-state index in [9.17, 15) is 18.3 Å². The number of aryl methyl sites for hydroxylation is 1. The van der Waals surface area contributed by atoms with Gasteiger partial charge in [0, 0.05) is 61.6 Å². The van der Waals surface area contributed by atoms with Gasteiger partial charge < -0.3 is 25.0 Å². The third-order valence-electron chi connectivity index (χ3n) is 7.79. The molecule has 1 aromatic heterocycles. The van der Waals surface area contributed by atoms with Crippen molar-refractivity contribution in [1.29, 1.82) is 0 Å². The van der Waals surface area contributed by atoms with Gasteiger partial charge >= 0.3 is 0 Å². The van der Waals surface area contributed by atoms with Crippen LogP contribution in [0.3, 0.4) is 0 Å². The van der Waals surface area contributed by atoms with Crippen molar-refractivity contribution in [2.75, 3.05) is 30.6 Å². The lowest BCUT2D eigenvalue weighted by molar-refractivity contribution is 0.0657. The second-order valence-corrected chi connectivity index (χ2v) is 12.1. The van der Waals surface area contributed by atoms with Crippen molar-refractivity contribution in [3.05, 3.63) is 70.8 Å². The number of carbonyl (C=O) groups is 1. The minimum absolute atomic E-state index is 0.233. The number of ether oxygens (including phenoxy) is 1. The van der Waals surface area contributed by atoms with E-state index in [1.807, 2.05) is 54.1 Å². The maximum atomic E-state index is 13.8. The Labute approximate surface area is 235 Å². The molecule has 9 nitrogen and oxygen atoms in total. The molecule has 0 unspecified atom stereocenters. The van der Waals surface area contributed by atoms with Crippen LogP contribution in [0.2, 0.25) is 0 Å². The van der Waals surface area contributed by atoms with E-state index >= 15 is 0 Å². The molecule has 2 aromatic carbocycles. The predicted molar refractivity (Wildman–Crippen MR) is 158 cm³/mol. The second-order valence-electron chi connectivity index (χ2n) is 10.4. The fraction of sp³-hybridized carbons (Fsp3) is 0.433. The number of amides is 1. The average molecular weight is 567 g/mol. The van der Waals surface area contributed by atoms with E-state index in [2.05, 4.69) is 10.6 Å². The normalized spacial score (nSPS) is 18.4. The Hall–Kier alpha value is -3.18. The molecule has 10 heteroatoms. The van der Waals surface area contributed by atoms with Crippen LogP contribution >= 0.6 is 0 Å². The molecular formula is C30H38N4O5S. The van der Waals surface area contributed by atoms with E-state index in [0.29, 0.717) is 44.0 Å². The van der Waals surface area contributed by atoms with Gasteiger partial charge in [-0.2, -0.15) is 0 Å². The molecule has 214 valence electrons. The molecule has 0 bridgehead atoms. The van der Waals surface area contributed by atoms with E-state index in [-0.39, 0.29) is 18.5 Å². The van der Waals surface area contributed by atoms with Crippen LogP contribution in [0.15, 0.2) is 54.1 Å². The predicted octanol–water partition coefficient (Wildman–Crippen LogP) is 3.27. The van der Waals surface area contributed by atoms with Gasteiger partial charge in [-0.3, -0.25) is 9.10 Å². The SMILES string of the molecule is CCN1c2cc(C(=O)N[C@@H](Cc3ccccc3)[C@H](O)CNC3CCOCC3)cc3c2c(cn3CC)C=CS1(=O)=O. The van der Waals surface area contributed by atoms with E-state index in [1.165, 1.54) is 9.71 Å². The molecule has 3 N–H and O–H groups in total. The third kappa shape index (κ3) is 5.95. The van der Waals surface area contributed by atoms with Crippen LogP contribution in [0.5, 0.6) is 0 Å². The average Bonchev–Trinajstić information content (AvgIpc) is 3.28. The Morgan fingerprint density at radius 3 is 2.58 bits per heavy atom. The van der Waals surface area contributed by atoms with Crippen molar-refractivity contribution in [2.45, 2.75) is 57.8 Å².